The molecule has 4 nitrogen and oxygen atoms in total. The lowest BCUT2D eigenvalue weighted by Gasteiger charge is -2.32. The van der Waals surface area contributed by atoms with Crippen molar-refractivity contribution in [3.63, 3.8) is 0 Å². The van der Waals surface area contributed by atoms with Crippen LogP contribution < -0.4 is 10.6 Å². The minimum absolute atomic E-state index is 0.0727. The van der Waals surface area contributed by atoms with Crippen LogP contribution in [0, 0.1) is 11.8 Å². The largest absolute Gasteiger partial charge is 0.392 e. The van der Waals surface area contributed by atoms with E-state index in [1.54, 1.807) is 0 Å². The minimum atomic E-state index is -0.364. The number of aliphatic hydroxyl groups is 1. The lowest BCUT2D eigenvalue weighted by atomic mass is 9.78. The zero-order valence-electron chi connectivity index (χ0n) is 12.2. The second-order valence-electron chi connectivity index (χ2n) is 6.36. The van der Waals surface area contributed by atoms with E-state index in [1.165, 1.54) is 19.3 Å². The highest BCUT2D eigenvalue weighted by Gasteiger charge is 2.31. The summed E-state index contributed by atoms with van der Waals surface area (Å²) in [6.45, 7) is 5.14. The highest BCUT2D eigenvalue weighted by Crippen LogP contribution is 2.31. The van der Waals surface area contributed by atoms with Gasteiger partial charge in [-0.2, -0.15) is 0 Å². The standard InChI is InChI=1S/C15H28N2O2/c1-3-10(2)11-4-6-12(7-5-11)17-15(19)14-8-13(18)9-16-14/h10-14,16,18H,3-9H2,1-2H3,(H,17,19)/t10?,11-,12-,13-,14-/m1/s1. The van der Waals surface area contributed by atoms with Crippen LogP contribution in [0.2, 0.25) is 0 Å². The smallest absolute Gasteiger partial charge is 0.237 e. The van der Waals surface area contributed by atoms with Crippen molar-refractivity contribution in [3.8, 4) is 0 Å². The number of carbonyl (C=O) groups excluding carboxylic acids is 1. The van der Waals surface area contributed by atoms with Crippen LogP contribution in [0.3, 0.4) is 0 Å². The summed E-state index contributed by atoms with van der Waals surface area (Å²) in [4.78, 5) is 12.0. The first kappa shape index (κ1) is 14.8. The fourth-order valence-corrected chi connectivity index (χ4v) is 3.38. The maximum Gasteiger partial charge on any atom is 0.237 e. The molecule has 1 saturated heterocycles. The van der Waals surface area contributed by atoms with Gasteiger partial charge in [-0.05, 0) is 43.9 Å². The molecular weight excluding hydrogens is 240 g/mol. The fourth-order valence-electron chi connectivity index (χ4n) is 3.38. The highest BCUT2D eigenvalue weighted by molar-refractivity contribution is 5.82. The molecule has 2 rings (SSSR count). The summed E-state index contributed by atoms with van der Waals surface area (Å²) in [6, 6.07) is 0.148. The van der Waals surface area contributed by atoms with Crippen LogP contribution in [0.1, 0.15) is 52.4 Å². The maximum absolute atomic E-state index is 12.0. The molecule has 1 heterocycles. The van der Waals surface area contributed by atoms with E-state index in [0.29, 0.717) is 19.0 Å². The van der Waals surface area contributed by atoms with Crippen molar-refractivity contribution in [2.75, 3.05) is 6.54 Å². The highest BCUT2D eigenvalue weighted by atomic mass is 16.3. The van der Waals surface area contributed by atoms with Gasteiger partial charge in [0.25, 0.3) is 0 Å². The number of β-amino-alcohol motifs (C(OH)–C–C–N with tert-alkyl or cyclic N) is 1. The number of nitrogens with one attached hydrogen (secondary N) is 2. The molecule has 110 valence electrons. The molecule has 2 fully saturated rings. The molecule has 0 aromatic rings. The third-order valence-corrected chi connectivity index (χ3v) is 4.99. The van der Waals surface area contributed by atoms with E-state index >= 15 is 0 Å². The Labute approximate surface area is 116 Å². The number of amides is 1. The lowest BCUT2D eigenvalue weighted by Crippen LogP contribution is -2.46. The van der Waals surface area contributed by atoms with Crippen LogP contribution in [-0.2, 0) is 4.79 Å². The summed E-state index contributed by atoms with van der Waals surface area (Å²) in [5.41, 5.74) is 0. The van der Waals surface area contributed by atoms with Crippen molar-refractivity contribution in [1.82, 2.24) is 10.6 Å². The molecule has 4 heteroatoms. The Bertz CT molecular complexity index is 301. The molecular formula is C15H28N2O2. The molecule has 0 aromatic carbocycles. The van der Waals surface area contributed by atoms with E-state index in [9.17, 15) is 9.90 Å². The van der Waals surface area contributed by atoms with E-state index in [2.05, 4.69) is 24.5 Å². The molecule has 3 N–H and O–H groups in total. The van der Waals surface area contributed by atoms with Crippen molar-refractivity contribution in [2.24, 2.45) is 11.8 Å². The molecule has 0 bridgehead atoms. The van der Waals surface area contributed by atoms with Crippen LogP contribution >= 0.6 is 0 Å². The van der Waals surface area contributed by atoms with Gasteiger partial charge in [0.2, 0.25) is 5.91 Å². The average Bonchev–Trinajstić information content (AvgIpc) is 2.85. The van der Waals surface area contributed by atoms with Gasteiger partial charge < -0.3 is 15.7 Å². The lowest BCUT2D eigenvalue weighted by molar-refractivity contribution is -0.123. The number of carbonyl (C=O) groups is 1. The second kappa shape index (κ2) is 6.71. The monoisotopic (exact) mass is 268 g/mol. The van der Waals surface area contributed by atoms with Crippen molar-refractivity contribution >= 4 is 5.91 Å². The summed E-state index contributed by atoms with van der Waals surface area (Å²) >= 11 is 0. The zero-order valence-corrected chi connectivity index (χ0v) is 12.2. The summed E-state index contributed by atoms with van der Waals surface area (Å²) < 4.78 is 0. The van der Waals surface area contributed by atoms with E-state index in [-0.39, 0.29) is 18.1 Å². The van der Waals surface area contributed by atoms with Crippen LogP contribution in [0.4, 0.5) is 0 Å². The summed E-state index contributed by atoms with van der Waals surface area (Å²) in [5.74, 6) is 1.72. The molecule has 0 radical (unpaired) electrons. The Hall–Kier alpha value is -0.610. The quantitative estimate of drug-likeness (QED) is 0.723. The Morgan fingerprint density at radius 1 is 1.37 bits per heavy atom. The predicted octanol–water partition coefficient (Wildman–Crippen LogP) is 1.43. The molecule has 1 amide bonds. The van der Waals surface area contributed by atoms with Crippen molar-refractivity contribution < 1.29 is 9.90 Å². The maximum atomic E-state index is 12.0. The van der Waals surface area contributed by atoms with Gasteiger partial charge in [0.15, 0.2) is 0 Å². The number of aliphatic hydroxyl groups excluding tert-OH is 1. The minimum Gasteiger partial charge on any atom is -0.392 e. The molecule has 19 heavy (non-hydrogen) atoms. The first-order valence-electron chi connectivity index (χ1n) is 7.82. The van der Waals surface area contributed by atoms with Crippen LogP contribution in [-0.4, -0.2) is 35.7 Å². The molecule has 0 spiro atoms. The number of hydrogen-bond donors (Lipinski definition) is 3. The fraction of sp³-hybridized carbons (Fsp3) is 0.933. The zero-order chi connectivity index (χ0) is 13.8. The van der Waals surface area contributed by atoms with E-state index in [0.717, 1.165) is 24.7 Å². The first-order chi connectivity index (χ1) is 9.10. The summed E-state index contributed by atoms with van der Waals surface area (Å²) in [6.07, 6.45) is 6.13. The van der Waals surface area contributed by atoms with Gasteiger partial charge >= 0.3 is 0 Å². The first-order valence-corrected chi connectivity index (χ1v) is 7.82. The Morgan fingerprint density at radius 3 is 2.58 bits per heavy atom. The number of rotatable bonds is 4. The molecule has 0 aromatic heterocycles. The topological polar surface area (TPSA) is 61.4 Å². The third-order valence-electron chi connectivity index (χ3n) is 4.99. The van der Waals surface area contributed by atoms with Crippen molar-refractivity contribution in [1.29, 1.82) is 0 Å². The average molecular weight is 268 g/mol. The molecule has 1 aliphatic carbocycles. The van der Waals surface area contributed by atoms with Crippen molar-refractivity contribution in [2.45, 2.75) is 70.6 Å². The number of hydrogen-bond acceptors (Lipinski definition) is 3. The normalized spacial score (nSPS) is 37.0. The van der Waals surface area contributed by atoms with Crippen LogP contribution in [0.5, 0.6) is 0 Å². The third kappa shape index (κ3) is 3.93. The van der Waals surface area contributed by atoms with Gasteiger partial charge in [-0.1, -0.05) is 20.3 Å². The van der Waals surface area contributed by atoms with Gasteiger partial charge in [-0.3, -0.25) is 4.79 Å². The molecule has 1 saturated carbocycles. The van der Waals surface area contributed by atoms with Crippen LogP contribution in [0.15, 0.2) is 0 Å². The summed E-state index contributed by atoms with van der Waals surface area (Å²) in [7, 11) is 0. The van der Waals surface area contributed by atoms with E-state index in [4.69, 9.17) is 0 Å². The molecule has 2 aliphatic rings. The van der Waals surface area contributed by atoms with Gasteiger partial charge in [0.05, 0.1) is 12.1 Å². The molecule has 3 atom stereocenters. The van der Waals surface area contributed by atoms with Crippen molar-refractivity contribution in [3.05, 3.63) is 0 Å². The SMILES string of the molecule is CCC(C)[C@H]1CC[C@H](NC(=O)[C@H]2C[C@@H](O)CN2)CC1. The van der Waals surface area contributed by atoms with Gasteiger partial charge in [-0.15, -0.1) is 0 Å². The molecule has 1 unspecified atom stereocenters. The van der Waals surface area contributed by atoms with E-state index in [1.807, 2.05) is 0 Å². The second-order valence-corrected chi connectivity index (χ2v) is 6.36. The van der Waals surface area contributed by atoms with Crippen LogP contribution in [0.25, 0.3) is 0 Å². The predicted molar refractivity (Wildman–Crippen MR) is 75.8 cm³/mol. The Kier molecular flexibility index (Phi) is 5.22. The van der Waals surface area contributed by atoms with Gasteiger partial charge in [0.1, 0.15) is 0 Å². The molecule has 1 aliphatic heterocycles. The Morgan fingerprint density at radius 2 is 2.05 bits per heavy atom. The Balaban J connectivity index is 1.72. The van der Waals surface area contributed by atoms with E-state index < -0.39 is 0 Å². The van der Waals surface area contributed by atoms with Gasteiger partial charge in [-0.25, -0.2) is 0 Å². The summed E-state index contributed by atoms with van der Waals surface area (Å²) in [5, 5.41) is 15.7. The van der Waals surface area contributed by atoms with Gasteiger partial charge in [0, 0.05) is 12.6 Å².